The van der Waals surface area contributed by atoms with Gasteiger partial charge in [-0.15, -0.1) is 0 Å². The maximum atomic E-state index is 12.5. The van der Waals surface area contributed by atoms with Crippen molar-refractivity contribution in [3.63, 3.8) is 0 Å². The van der Waals surface area contributed by atoms with E-state index in [9.17, 15) is 4.79 Å². The Morgan fingerprint density at radius 1 is 1.10 bits per heavy atom. The smallest absolute Gasteiger partial charge is 0.305 e. The number of hydroxylamine groups is 1. The first-order valence-electron chi connectivity index (χ1n) is 10.3. The third-order valence-electron chi connectivity index (χ3n) is 6.13. The van der Waals surface area contributed by atoms with Gasteiger partial charge in [-0.1, -0.05) is 41.9 Å². The molecular weight excluding hydrogens is 388 g/mol. The zero-order chi connectivity index (χ0) is 19.8. The van der Waals surface area contributed by atoms with Gasteiger partial charge in [-0.2, -0.15) is 5.48 Å². The molecule has 1 aromatic heterocycles. The van der Waals surface area contributed by atoms with Crippen molar-refractivity contribution in [2.75, 3.05) is 19.6 Å². The molecule has 2 saturated heterocycles. The van der Waals surface area contributed by atoms with Crippen molar-refractivity contribution in [2.24, 2.45) is 0 Å². The van der Waals surface area contributed by atoms with Gasteiger partial charge in [0.2, 0.25) is 0 Å². The molecule has 0 spiro atoms. The number of H-pyrrole nitrogens is 1. The minimum absolute atomic E-state index is 0.0442. The second kappa shape index (κ2) is 7.95. The van der Waals surface area contributed by atoms with Crippen molar-refractivity contribution < 1.29 is 4.84 Å². The van der Waals surface area contributed by atoms with Crippen LogP contribution in [0.15, 0.2) is 53.3 Å². The highest BCUT2D eigenvalue weighted by molar-refractivity contribution is 6.31. The number of aromatic amines is 1. The Hall–Kier alpha value is -2.12. The summed E-state index contributed by atoms with van der Waals surface area (Å²) in [6.45, 7) is 2.92. The highest BCUT2D eigenvalue weighted by Gasteiger charge is 2.30. The van der Waals surface area contributed by atoms with Crippen molar-refractivity contribution in [1.82, 2.24) is 19.9 Å². The van der Waals surface area contributed by atoms with E-state index >= 15 is 0 Å². The van der Waals surface area contributed by atoms with Crippen LogP contribution in [0.5, 0.6) is 0 Å². The Labute approximate surface area is 174 Å². The molecule has 0 bridgehead atoms. The number of hydrogen-bond donors (Lipinski definition) is 2. The first kappa shape index (κ1) is 18.9. The SMILES string of the molecule is O=c1[nH]c2cc(Cl)ccc2n1C1CCN(CC2CC(c3ccccc3)ON2)CC1. The van der Waals surface area contributed by atoms with Crippen molar-refractivity contribution in [2.45, 2.75) is 37.5 Å². The molecule has 3 heterocycles. The fourth-order valence-electron chi connectivity index (χ4n) is 4.65. The van der Waals surface area contributed by atoms with Gasteiger partial charge in [0.05, 0.1) is 11.0 Å². The number of rotatable bonds is 4. The zero-order valence-corrected chi connectivity index (χ0v) is 16.9. The molecule has 2 fully saturated rings. The monoisotopic (exact) mass is 412 g/mol. The van der Waals surface area contributed by atoms with Crippen LogP contribution < -0.4 is 11.2 Å². The van der Waals surface area contributed by atoms with Gasteiger partial charge in [-0.05, 0) is 43.0 Å². The van der Waals surface area contributed by atoms with E-state index in [0.29, 0.717) is 11.1 Å². The van der Waals surface area contributed by atoms with E-state index in [0.717, 1.165) is 49.9 Å². The number of hydrogen-bond acceptors (Lipinski definition) is 4. The third kappa shape index (κ3) is 3.85. The van der Waals surface area contributed by atoms with E-state index in [2.05, 4.69) is 39.6 Å². The Morgan fingerprint density at radius 3 is 2.69 bits per heavy atom. The lowest BCUT2D eigenvalue weighted by atomic mass is 10.0. The summed E-state index contributed by atoms with van der Waals surface area (Å²) in [5.41, 5.74) is 6.14. The summed E-state index contributed by atoms with van der Waals surface area (Å²) in [6.07, 6.45) is 3.03. The lowest BCUT2D eigenvalue weighted by molar-refractivity contribution is 0.0212. The molecule has 2 unspecified atom stereocenters. The second-order valence-electron chi connectivity index (χ2n) is 8.06. The molecular formula is C22H25ClN4O2. The number of halogens is 1. The molecule has 2 aliphatic heterocycles. The number of fused-ring (bicyclic) bond motifs is 1. The van der Waals surface area contributed by atoms with Gasteiger partial charge in [-0.3, -0.25) is 9.40 Å². The van der Waals surface area contributed by atoms with Crippen molar-refractivity contribution >= 4 is 22.6 Å². The standard InChI is InChI=1S/C22H25ClN4O2/c23-16-6-7-20-19(12-16)24-22(28)27(20)18-8-10-26(11-9-18)14-17-13-21(29-25-17)15-4-2-1-3-5-15/h1-7,12,17-18,21,25H,8-11,13-14H2,(H,24,28). The molecule has 2 aromatic carbocycles. The minimum atomic E-state index is -0.0442. The fourth-order valence-corrected chi connectivity index (χ4v) is 4.83. The molecule has 29 heavy (non-hydrogen) atoms. The molecule has 6 nitrogen and oxygen atoms in total. The minimum Gasteiger partial charge on any atom is -0.305 e. The Morgan fingerprint density at radius 2 is 1.90 bits per heavy atom. The van der Waals surface area contributed by atoms with E-state index in [-0.39, 0.29) is 17.8 Å². The number of aromatic nitrogens is 2. The molecule has 3 aromatic rings. The molecule has 0 aliphatic carbocycles. The zero-order valence-electron chi connectivity index (χ0n) is 16.2. The molecule has 0 amide bonds. The normalized spacial score (nSPS) is 23.8. The van der Waals surface area contributed by atoms with Crippen molar-refractivity contribution in [1.29, 1.82) is 0 Å². The van der Waals surface area contributed by atoms with E-state index < -0.39 is 0 Å². The highest BCUT2D eigenvalue weighted by atomic mass is 35.5. The average molecular weight is 413 g/mol. The molecule has 2 N–H and O–H groups in total. The summed E-state index contributed by atoms with van der Waals surface area (Å²) in [4.78, 5) is 23.7. The van der Waals surface area contributed by atoms with Gasteiger partial charge in [-0.25, -0.2) is 4.79 Å². The average Bonchev–Trinajstić information content (AvgIpc) is 3.33. The first-order chi connectivity index (χ1) is 14.2. The summed E-state index contributed by atoms with van der Waals surface area (Å²) in [5.74, 6) is 0. The van der Waals surface area contributed by atoms with E-state index in [1.807, 2.05) is 28.8 Å². The summed E-state index contributed by atoms with van der Waals surface area (Å²) in [6, 6.07) is 16.5. The molecule has 5 rings (SSSR count). The van der Waals surface area contributed by atoms with Crippen LogP contribution >= 0.6 is 11.6 Å². The lowest BCUT2D eigenvalue weighted by Crippen LogP contribution is -2.42. The quantitative estimate of drug-likeness (QED) is 0.686. The summed E-state index contributed by atoms with van der Waals surface area (Å²) in [5, 5.41) is 0.640. The number of nitrogens with zero attached hydrogens (tertiary/aromatic N) is 2. The molecule has 0 saturated carbocycles. The Balaban J connectivity index is 1.20. The van der Waals surface area contributed by atoms with Gasteiger partial charge >= 0.3 is 5.69 Å². The van der Waals surface area contributed by atoms with E-state index in [1.54, 1.807) is 0 Å². The van der Waals surface area contributed by atoms with Crippen LogP contribution in [0.1, 0.15) is 37.0 Å². The summed E-state index contributed by atoms with van der Waals surface area (Å²) in [7, 11) is 0. The van der Waals surface area contributed by atoms with Gasteiger partial charge in [0.1, 0.15) is 6.10 Å². The van der Waals surface area contributed by atoms with Crippen LogP contribution in [0.3, 0.4) is 0 Å². The molecule has 7 heteroatoms. The Bertz CT molecular complexity index is 1040. The number of likely N-dealkylation sites (tertiary alicyclic amines) is 1. The fraction of sp³-hybridized carbons (Fsp3) is 0.409. The Kier molecular flexibility index (Phi) is 5.18. The number of nitrogens with one attached hydrogen (secondary N) is 2. The lowest BCUT2D eigenvalue weighted by Gasteiger charge is -2.33. The summed E-state index contributed by atoms with van der Waals surface area (Å²) >= 11 is 6.06. The van der Waals surface area contributed by atoms with E-state index in [1.165, 1.54) is 5.56 Å². The molecule has 0 radical (unpaired) electrons. The van der Waals surface area contributed by atoms with Gasteiger partial charge in [0.25, 0.3) is 0 Å². The van der Waals surface area contributed by atoms with Gasteiger partial charge in [0, 0.05) is 36.7 Å². The largest absolute Gasteiger partial charge is 0.326 e. The third-order valence-corrected chi connectivity index (χ3v) is 6.36. The number of imidazole rings is 1. The maximum Gasteiger partial charge on any atom is 0.326 e. The van der Waals surface area contributed by atoms with Crippen LogP contribution in [0.4, 0.5) is 0 Å². The number of benzene rings is 2. The van der Waals surface area contributed by atoms with Crippen LogP contribution in [-0.4, -0.2) is 40.1 Å². The molecule has 152 valence electrons. The van der Waals surface area contributed by atoms with Gasteiger partial charge < -0.3 is 9.88 Å². The van der Waals surface area contributed by atoms with Gasteiger partial charge in [0.15, 0.2) is 0 Å². The first-order valence-corrected chi connectivity index (χ1v) is 10.6. The topological polar surface area (TPSA) is 62.3 Å². The predicted molar refractivity (Wildman–Crippen MR) is 114 cm³/mol. The highest BCUT2D eigenvalue weighted by Crippen LogP contribution is 2.29. The predicted octanol–water partition coefficient (Wildman–Crippen LogP) is 3.65. The maximum absolute atomic E-state index is 12.5. The number of piperidine rings is 1. The second-order valence-corrected chi connectivity index (χ2v) is 8.50. The van der Waals surface area contributed by atoms with Crippen LogP contribution in [0.25, 0.3) is 11.0 Å². The molecule has 2 aliphatic rings. The van der Waals surface area contributed by atoms with Crippen LogP contribution in [0.2, 0.25) is 5.02 Å². The summed E-state index contributed by atoms with van der Waals surface area (Å²) < 4.78 is 1.91. The van der Waals surface area contributed by atoms with Crippen LogP contribution in [-0.2, 0) is 4.84 Å². The molecule has 2 atom stereocenters. The van der Waals surface area contributed by atoms with E-state index in [4.69, 9.17) is 16.4 Å². The van der Waals surface area contributed by atoms with Crippen LogP contribution in [0, 0.1) is 0 Å². The van der Waals surface area contributed by atoms with Crippen molar-refractivity contribution in [3.8, 4) is 0 Å². The van der Waals surface area contributed by atoms with Crippen molar-refractivity contribution in [3.05, 3.63) is 69.6 Å².